The largest absolute Gasteiger partial charge is 0.468 e. The van der Waals surface area contributed by atoms with Gasteiger partial charge < -0.3 is 19.7 Å². The number of carbonyl (C=O) groups excluding carboxylic acids is 2. The Morgan fingerprint density at radius 3 is 2.10 bits per heavy atom. The summed E-state index contributed by atoms with van der Waals surface area (Å²) in [5.41, 5.74) is -2.00. The van der Waals surface area contributed by atoms with Gasteiger partial charge in [0.25, 0.3) is 0 Å². The van der Waals surface area contributed by atoms with Crippen molar-refractivity contribution in [1.29, 1.82) is 0 Å². The first-order valence-electron chi connectivity index (χ1n) is 9.31. The first-order valence-corrected chi connectivity index (χ1v) is 9.31. The summed E-state index contributed by atoms with van der Waals surface area (Å²) in [6.45, 7) is 0. The molecule has 0 heterocycles. The number of carbonyl (C=O) groups is 2. The first kappa shape index (κ1) is 19.8. The van der Waals surface area contributed by atoms with Gasteiger partial charge in [-0.05, 0) is 32.8 Å². The summed E-state index contributed by atoms with van der Waals surface area (Å²) in [5, 5.41) is 25.6. The van der Waals surface area contributed by atoms with Gasteiger partial charge >= 0.3 is 11.9 Å². The molecule has 0 radical (unpaired) electrons. The number of methoxy groups -OCH3 is 2. The highest BCUT2D eigenvalue weighted by Crippen LogP contribution is 2.44. The summed E-state index contributed by atoms with van der Waals surface area (Å²) < 4.78 is 9.67. The number of esters is 2. The molecule has 0 atom stereocenters. The van der Waals surface area contributed by atoms with E-state index in [9.17, 15) is 19.8 Å². The predicted molar refractivity (Wildman–Crippen MR) is 110 cm³/mol. The molecule has 0 saturated heterocycles. The van der Waals surface area contributed by atoms with Crippen molar-refractivity contribution in [1.82, 2.24) is 0 Å². The molecule has 3 aromatic rings. The number of benzene rings is 3. The summed E-state index contributed by atoms with van der Waals surface area (Å²) in [5.74, 6) is -5.20. The highest BCUT2D eigenvalue weighted by Gasteiger charge is 2.65. The Balaban J connectivity index is 2.21. The lowest BCUT2D eigenvalue weighted by Crippen LogP contribution is -2.63. The zero-order valence-corrected chi connectivity index (χ0v) is 16.5. The smallest absolute Gasteiger partial charge is 0.333 e. The van der Waals surface area contributed by atoms with E-state index in [0.717, 1.165) is 25.0 Å². The van der Waals surface area contributed by atoms with Crippen LogP contribution in [0.15, 0.2) is 66.7 Å². The maximum absolute atomic E-state index is 12.9. The van der Waals surface area contributed by atoms with Crippen LogP contribution in [0.3, 0.4) is 0 Å². The van der Waals surface area contributed by atoms with Crippen molar-refractivity contribution in [3.63, 3.8) is 0 Å². The third kappa shape index (κ3) is 2.58. The van der Waals surface area contributed by atoms with Crippen molar-refractivity contribution >= 4 is 34.4 Å². The molecule has 0 amide bonds. The molecule has 0 unspecified atom stereocenters. The van der Waals surface area contributed by atoms with E-state index in [-0.39, 0.29) is 5.57 Å². The molecule has 4 rings (SSSR count). The van der Waals surface area contributed by atoms with Crippen LogP contribution in [0.5, 0.6) is 0 Å². The van der Waals surface area contributed by atoms with E-state index in [1.165, 1.54) is 6.08 Å². The van der Waals surface area contributed by atoms with Crippen molar-refractivity contribution in [2.24, 2.45) is 5.41 Å². The van der Waals surface area contributed by atoms with E-state index in [1.807, 2.05) is 30.3 Å². The maximum atomic E-state index is 12.9. The summed E-state index contributed by atoms with van der Waals surface area (Å²) in [7, 11) is 2.16. The minimum absolute atomic E-state index is 0.0215. The van der Waals surface area contributed by atoms with Gasteiger partial charge in [-0.1, -0.05) is 66.7 Å². The van der Waals surface area contributed by atoms with Crippen LogP contribution in [0, 0.1) is 5.41 Å². The van der Waals surface area contributed by atoms with Gasteiger partial charge in [0, 0.05) is 5.57 Å². The van der Waals surface area contributed by atoms with Crippen LogP contribution in [-0.4, -0.2) is 42.2 Å². The first-order chi connectivity index (χ1) is 14.4. The van der Waals surface area contributed by atoms with Crippen LogP contribution in [0.4, 0.5) is 0 Å². The van der Waals surface area contributed by atoms with Gasteiger partial charge in [-0.25, -0.2) is 0 Å². The lowest BCUT2D eigenvalue weighted by Gasteiger charge is -2.40. The minimum atomic E-state index is -2.94. The number of ether oxygens (including phenoxy) is 2. The molecule has 0 aromatic heterocycles. The Morgan fingerprint density at radius 1 is 0.800 bits per heavy atom. The molecule has 0 fully saturated rings. The monoisotopic (exact) mass is 404 g/mol. The Kier molecular flexibility index (Phi) is 4.68. The summed E-state index contributed by atoms with van der Waals surface area (Å²) in [6.07, 6.45) is 1.20. The molecule has 6 nitrogen and oxygen atoms in total. The third-order valence-electron chi connectivity index (χ3n) is 5.57. The van der Waals surface area contributed by atoms with Gasteiger partial charge in [0.2, 0.25) is 11.2 Å². The zero-order chi connectivity index (χ0) is 21.5. The molecule has 1 aliphatic carbocycles. The van der Waals surface area contributed by atoms with Crippen LogP contribution >= 0.6 is 0 Å². The Morgan fingerprint density at radius 2 is 1.40 bits per heavy atom. The van der Waals surface area contributed by atoms with Crippen LogP contribution in [0.2, 0.25) is 0 Å². The zero-order valence-electron chi connectivity index (χ0n) is 16.5. The van der Waals surface area contributed by atoms with E-state index < -0.39 is 23.1 Å². The van der Waals surface area contributed by atoms with Gasteiger partial charge in [0.1, 0.15) is 0 Å². The lowest BCUT2D eigenvalue weighted by atomic mass is 9.69. The highest BCUT2D eigenvalue weighted by molar-refractivity contribution is 6.11. The molecule has 0 saturated carbocycles. The maximum Gasteiger partial charge on any atom is 0.333 e. The third-order valence-corrected chi connectivity index (χ3v) is 5.57. The average molecular weight is 404 g/mol. The van der Waals surface area contributed by atoms with Crippen LogP contribution in [0.25, 0.3) is 22.4 Å². The second-order valence-corrected chi connectivity index (χ2v) is 7.10. The Labute approximate surface area is 172 Å². The Hall–Kier alpha value is -3.48. The molecular formula is C24H20O6. The van der Waals surface area contributed by atoms with Crippen molar-refractivity contribution in [2.75, 3.05) is 14.2 Å². The molecule has 3 aromatic carbocycles. The molecule has 0 aliphatic heterocycles. The molecule has 2 N–H and O–H groups in total. The second kappa shape index (κ2) is 7.09. The molecule has 0 bridgehead atoms. The van der Waals surface area contributed by atoms with Gasteiger partial charge in [0.05, 0.1) is 14.2 Å². The average Bonchev–Trinajstić information content (AvgIpc) is 2.77. The number of rotatable bonds is 3. The highest BCUT2D eigenvalue weighted by atomic mass is 16.6. The van der Waals surface area contributed by atoms with Crippen molar-refractivity contribution < 1.29 is 29.3 Å². The van der Waals surface area contributed by atoms with E-state index in [0.29, 0.717) is 16.0 Å². The fourth-order valence-electron chi connectivity index (χ4n) is 4.15. The molecule has 1 aliphatic rings. The Bertz CT molecular complexity index is 1270. The minimum Gasteiger partial charge on any atom is -0.468 e. The predicted octanol–water partition coefficient (Wildman–Crippen LogP) is 0.846. The topological polar surface area (TPSA) is 93.1 Å². The normalized spacial score (nSPS) is 16.3. The number of fused-ring (bicyclic) bond motifs is 2. The van der Waals surface area contributed by atoms with Crippen molar-refractivity contribution in [2.45, 2.75) is 5.79 Å². The van der Waals surface area contributed by atoms with Crippen LogP contribution in [-0.2, 0) is 19.1 Å². The van der Waals surface area contributed by atoms with E-state index in [1.54, 1.807) is 36.4 Å². The van der Waals surface area contributed by atoms with Crippen LogP contribution < -0.4 is 10.4 Å². The number of hydrogen-bond donors (Lipinski definition) is 2. The van der Waals surface area contributed by atoms with E-state index >= 15 is 0 Å². The summed E-state index contributed by atoms with van der Waals surface area (Å²) in [6, 6.07) is 19.7. The summed E-state index contributed by atoms with van der Waals surface area (Å²) >= 11 is 0. The molecule has 0 spiro atoms. The fraction of sp³-hybridized carbons (Fsp3) is 0.167. The van der Waals surface area contributed by atoms with Gasteiger partial charge in [-0.3, -0.25) is 9.59 Å². The molecule has 152 valence electrons. The number of hydrogen-bond acceptors (Lipinski definition) is 6. The quantitative estimate of drug-likeness (QED) is 0.382. The summed E-state index contributed by atoms with van der Waals surface area (Å²) in [4.78, 5) is 25.7. The SMILES string of the molecule is COC(=O)C1(C(=O)OC)C=c2ccccc2=C(c2cccc3ccccc23)C1(O)O. The van der Waals surface area contributed by atoms with E-state index in [2.05, 4.69) is 0 Å². The van der Waals surface area contributed by atoms with Crippen molar-refractivity contribution in [3.05, 3.63) is 82.7 Å². The standard InChI is InChI=1S/C24H20O6/c1-29-21(25)23(22(26)30-2)14-16-9-4-6-12-18(16)20(24(23,27)28)19-13-7-10-15-8-3-5-11-17(15)19/h3-14,27-28H,1-2H3. The van der Waals surface area contributed by atoms with Gasteiger partial charge in [-0.2, -0.15) is 0 Å². The second-order valence-electron chi connectivity index (χ2n) is 7.10. The van der Waals surface area contributed by atoms with Crippen molar-refractivity contribution in [3.8, 4) is 0 Å². The molecule has 6 heteroatoms. The van der Waals surface area contributed by atoms with Gasteiger partial charge in [-0.15, -0.1) is 0 Å². The number of aliphatic hydroxyl groups is 2. The molecular weight excluding hydrogens is 384 g/mol. The fourth-order valence-corrected chi connectivity index (χ4v) is 4.15. The molecule has 30 heavy (non-hydrogen) atoms. The van der Waals surface area contributed by atoms with E-state index in [4.69, 9.17) is 9.47 Å². The van der Waals surface area contributed by atoms with Gasteiger partial charge in [0.15, 0.2) is 0 Å². The lowest BCUT2D eigenvalue weighted by molar-refractivity contribution is -0.209. The van der Waals surface area contributed by atoms with Crippen LogP contribution in [0.1, 0.15) is 5.56 Å².